The Morgan fingerprint density at radius 1 is 1.40 bits per heavy atom. The van der Waals surface area contributed by atoms with Crippen LogP contribution in [0.25, 0.3) is 5.69 Å². The fraction of sp³-hybridized carbons (Fsp3) is 0.385. The number of nitrogens with zero attached hydrogens (tertiary/aromatic N) is 4. The molecule has 1 amide bonds. The van der Waals surface area contributed by atoms with Gasteiger partial charge in [-0.2, -0.15) is 0 Å². The van der Waals surface area contributed by atoms with Crippen LogP contribution in [0.1, 0.15) is 23.2 Å². The van der Waals surface area contributed by atoms with Crippen LogP contribution in [-0.4, -0.2) is 45.4 Å². The van der Waals surface area contributed by atoms with Crippen molar-refractivity contribution in [2.45, 2.75) is 18.9 Å². The number of rotatable bonds is 4. The normalized spacial score (nSPS) is 18.1. The van der Waals surface area contributed by atoms with E-state index in [0.717, 1.165) is 25.1 Å². The van der Waals surface area contributed by atoms with Crippen LogP contribution >= 0.6 is 0 Å². The zero-order chi connectivity index (χ0) is 13.8. The lowest BCUT2D eigenvalue weighted by atomic mass is 10.2. The molecule has 1 aliphatic heterocycles. The van der Waals surface area contributed by atoms with E-state index in [2.05, 4.69) is 20.8 Å². The van der Waals surface area contributed by atoms with Gasteiger partial charge in [0.1, 0.15) is 6.33 Å². The molecule has 1 unspecified atom stereocenters. The van der Waals surface area contributed by atoms with Gasteiger partial charge in [0.05, 0.1) is 11.8 Å². The van der Waals surface area contributed by atoms with Crippen LogP contribution < -0.4 is 5.32 Å². The zero-order valence-corrected chi connectivity index (χ0v) is 10.9. The lowest BCUT2D eigenvalue weighted by molar-refractivity contribution is 0.0858. The van der Waals surface area contributed by atoms with Crippen molar-refractivity contribution < 1.29 is 9.53 Å². The molecule has 1 atom stereocenters. The van der Waals surface area contributed by atoms with Crippen LogP contribution in [0.4, 0.5) is 0 Å². The van der Waals surface area contributed by atoms with E-state index < -0.39 is 0 Å². The number of carbonyl (C=O) groups excluding carboxylic acids is 1. The Bertz CT molecular complexity index is 561. The summed E-state index contributed by atoms with van der Waals surface area (Å²) in [6, 6.07) is 7.11. The van der Waals surface area contributed by atoms with Gasteiger partial charge in [0, 0.05) is 18.7 Å². The van der Waals surface area contributed by atoms with Crippen molar-refractivity contribution in [1.82, 2.24) is 25.5 Å². The van der Waals surface area contributed by atoms with Crippen LogP contribution in [0.2, 0.25) is 0 Å². The van der Waals surface area contributed by atoms with E-state index in [1.807, 2.05) is 0 Å². The van der Waals surface area contributed by atoms with Gasteiger partial charge >= 0.3 is 0 Å². The Morgan fingerprint density at radius 2 is 2.25 bits per heavy atom. The number of hydrogen-bond donors (Lipinski definition) is 1. The second-order valence-corrected chi connectivity index (χ2v) is 4.65. The molecular formula is C13H15N5O2. The van der Waals surface area contributed by atoms with Gasteiger partial charge in [-0.25, -0.2) is 4.68 Å². The summed E-state index contributed by atoms with van der Waals surface area (Å²) in [6.07, 6.45) is 3.74. The Morgan fingerprint density at radius 3 is 2.90 bits per heavy atom. The van der Waals surface area contributed by atoms with Crippen molar-refractivity contribution in [3.63, 3.8) is 0 Å². The number of ether oxygens (including phenoxy) is 1. The van der Waals surface area contributed by atoms with Crippen molar-refractivity contribution in [2.24, 2.45) is 0 Å². The van der Waals surface area contributed by atoms with Gasteiger partial charge < -0.3 is 10.1 Å². The van der Waals surface area contributed by atoms with Crippen molar-refractivity contribution >= 4 is 5.91 Å². The van der Waals surface area contributed by atoms with Gasteiger partial charge in [-0.15, -0.1) is 5.10 Å². The van der Waals surface area contributed by atoms with Crippen molar-refractivity contribution in [2.75, 3.05) is 13.2 Å². The topological polar surface area (TPSA) is 81.9 Å². The van der Waals surface area contributed by atoms with E-state index in [9.17, 15) is 4.79 Å². The lowest BCUT2D eigenvalue weighted by Gasteiger charge is -2.10. The molecule has 2 aromatic rings. The van der Waals surface area contributed by atoms with Crippen LogP contribution in [0.15, 0.2) is 30.6 Å². The number of benzene rings is 1. The molecule has 0 radical (unpaired) electrons. The van der Waals surface area contributed by atoms with E-state index in [1.54, 1.807) is 24.3 Å². The first-order valence-corrected chi connectivity index (χ1v) is 6.56. The summed E-state index contributed by atoms with van der Waals surface area (Å²) in [5, 5.41) is 13.8. The summed E-state index contributed by atoms with van der Waals surface area (Å²) < 4.78 is 7.00. The molecule has 1 N–H and O–H groups in total. The largest absolute Gasteiger partial charge is 0.376 e. The quantitative estimate of drug-likeness (QED) is 0.880. The Hall–Kier alpha value is -2.28. The van der Waals surface area contributed by atoms with Gasteiger partial charge in [0.2, 0.25) is 0 Å². The van der Waals surface area contributed by atoms with Gasteiger partial charge in [-0.1, -0.05) is 0 Å². The summed E-state index contributed by atoms with van der Waals surface area (Å²) in [5.41, 5.74) is 1.42. The first-order valence-electron chi connectivity index (χ1n) is 6.56. The highest BCUT2D eigenvalue weighted by molar-refractivity contribution is 5.94. The third-order valence-electron chi connectivity index (χ3n) is 3.26. The second-order valence-electron chi connectivity index (χ2n) is 4.65. The van der Waals surface area contributed by atoms with E-state index in [-0.39, 0.29) is 12.0 Å². The predicted molar refractivity (Wildman–Crippen MR) is 70.5 cm³/mol. The molecule has 7 heteroatoms. The highest BCUT2D eigenvalue weighted by atomic mass is 16.5. The minimum absolute atomic E-state index is 0.0937. The van der Waals surface area contributed by atoms with Crippen molar-refractivity contribution in [1.29, 1.82) is 0 Å². The monoisotopic (exact) mass is 273 g/mol. The van der Waals surface area contributed by atoms with Gasteiger partial charge in [0.15, 0.2) is 0 Å². The number of amides is 1. The Labute approximate surface area is 115 Å². The molecule has 0 spiro atoms. The molecule has 20 heavy (non-hydrogen) atoms. The van der Waals surface area contributed by atoms with Crippen LogP contribution in [0.5, 0.6) is 0 Å². The maximum absolute atomic E-state index is 12.0. The molecule has 3 rings (SSSR count). The smallest absolute Gasteiger partial charge is 0.251 e. The predicted octanol–water partition coefficient (Wildman–Crippen LogP) is 0.571. The maximum atomic E-state index is 12.0. The Kier molecular flexibility index (Phi) is 3.69. The molecule has 2 heterocycles. The second kappa shape index (κ2) is 5.79. The van der Waals surface area contributed by atoms with E-state index in [0.29, 0.717) is 12.1 Å². The summed E-state index contributed by atoms with van der Waals surface area (Å²) in [4.78, 5) is 12.0. The van der Waals surface area contributed by atoms with Crippen LogP contribution in [0, 0.1) is 0 Å². The van der Waals surface area contributed by atoms with Crippen molar-refractivity contribution in [3.8, 4) is 5.69 Å². The summed E-state index contributed by atoms with van der Waals surface area (Å²) in [7, 11) is 0. The summed E-state index contributed by atoms with van der Waals surface area (Å²) in [6.45, 7) is 1.36. The highest BCUT2D eigenvalue weighted by Crippen LogP contribution is 2.11. The SMILES string of the molecule is O=C(NCC1CCCO1)c1ccc(-n2cnnn2)cc1. The Balaban J connectivity index is 1.60. The summed E-state index contributed by atoms with van der Waals surface area (Å²) >= 11 is 0. The molecule has 1 aromatic heterocycles. The average molecular weight is 273 g/mol. The fourth-order valence-electron chi connectivity index (χ4n) is 2.16. The maximum Gasteiger partial charge on any atom is 0.251 e. The van der Waals surface area contributed by atoms with Gasteiger partial charge in [-0.3, -0.25) is 4.79 Å². The lowest BCUT2D eigenvalue weighted by Crippen LogP contribution is -2.31. The molecule has 1 fully saturated rings. The number of tetrazole rings is 1. The third kappa shape index (κ3) is 2.83. The fourth-order valence-corrected chi connectivity index (χ4v) is 2.16. The molecule has 0 aliphatic carbocycles. The molecule has 1 aromatic carbocycles. The summed E-state index contributed by atoms with van der Waals surface area (Å²) in [5.74, 6) is -0.0937. The molecule has 1 saturated heterocycles. The van der Waals surface area contributed by atoms with Gasteiger partial charge in [0.25, 0.3) is 5.91 Å². The van der Waals surface area contributed by atoms with Crippen molar-refractivity contribution in [3.05, 3.63) is 36.2 Å². The van der Waals surface area contributed by atoms with E-state index >= 15 is 0 Å². The number of hydrogen-bond acceptors (Lipinski definition) is 5. The third-order valence-corrected chi connectivity index (χ3v) is 3.26. The number of carbonyl (C=O) groups is 1. The molecule has 7 nitrogen and oxygen atoms in total. The number of nitrogens with one attached hydrogen (secondary N) is 1. The molecule has 1 aliphatic rings. The highest BCUT2D eigenvalue weighted by Gasteiger charge is 2.16. The average Bonchev–Trinajstić information content (AvgIpc) is 3.18. The standard InChI is InChI=1S/C13H15N5O2/c19-13(14-8-12-2-1-7-20-12)10-3-5-11(6-4-10)18-9-15-16-17-18/h3-6,9,12H,1-2,7-8H2,(H,14,19). The first-order chi connectivity index (χ1) is 9.83. The minimum atomic E-state index is -0.0937. The van der Waals surface area contributed by atoms with Crippen LogP contribution in [0.3, 0.4) is 0 Å². The van der Waals surface area contributed by atoms with Gasteiger partial charge in [-0.05, 0) is 47.5 Å². The first kappa shape index (κ1) is 12.7. The molecule has 104 valence electrons. The zero-order valence-electron chi connectivity index (χ0n) is 10.9. The molecular weight excluding hydrogens is 258 g/mol. The number of aromatic nitrogens is 4. The van der Waals surface area contributed by atoms with Crippen LogP contribution in [-0.2, 0) is 4.74 Å². The molecule has 0 saturated carbocycles. The minimum Gasteiger partial charge on any atom is -0.376 e. The molecule has 0 bridgehead atoms. The van der Waals surface area contributed by atoms with E-state index in [1.165, 1.54) is 11.0 Å². The van der Waals surface area contributed by atoms with E-state index in [4.69, 9.17) is 4.74 Å².